The second kappa shape index (κ2) is 5.17. The van der Waals surface area contributed by atoms with E-state index in [4.69, 9.17) is 9.47 Å². The number of nitrogens with one attached hydrogen (secondary N) is 1. The molecule has 0 saturated carbocycles. The summed E-state index contributed by atoms with van der Waals surface area (Å²) >= 11 is 0. The monoisotopic (exact) mass is 319 g/mol. The Bertz CT molecular complexity index is 889. The maximum atomic E-state index is 6.41. The van der Waals surface area contributed by atoms with Crippen molar-refractivity contribution in [2.75, 3.05) is 5.32 Å². The summed E-state index contributed by atoms with van der Waals surface area (Å²) in [6.07, 6.45) is 0. The van der Waals surface area contributed by atoms with Gasteiger partial charge < -0.3 is 14.8 Å². The zero-order chi connectivity index (χ0) is 16.8. The normalized spacial score (nSPS) is 21.5. The van der Waals surface area contributed by atoms with Crippen LogP contribution in [0.4, 0.5) is 5.69 Å². The third-order valence-corrected chi connectivity index (χ3v) is 4.80. The van der Waals surface area contributed by atoms with Crippen LogP contribution in [0.3, 0.4) is 0 Å². The average Bonchev–Trinajstić information content (AvgIpc) is 2.55. The Morgan fingerprint density at radius 3 is 1.88 bits per heavy atom. The van der Waals surface area contributed by atoms with Gasteiger partial charge in [0.05, 0.1) is 0 Å². The van der Waals surface area contributed by atoms with Crippen molar-refractivity contribution in [2.24, 2.45) is 0 Å². The molecule has 122 valence electrons. The highest BCUT2D eigenvalue weighted by molar-refractivity contribution is 5.86. The minimum atomic E-state index is -0.691. The van der Waals surface area contributed by atoms with Crippen LogP contribution in [0.2, 0.25) is 0 Å². The first-order valence-electron chi connectivity index (χ1n) is 8.21. The smallest absolute Gasteiger partial charge is 0.217 e. The number of ether oxygens (including phenoxy) is 2. The highest BCUT2D eigenvalue weighted by atomic mass is 16.6. The molecule has 3 aromatic carbocycles. The molecule has 3 nitrogen and oxygen atoms in total. The highest BCUT2D eigenvalue weighted by Crippen LogP contribution is 2.45. The van der Waals surface area contributed by atoms with Crippen LogP contribution in [-0.4, -0.2) is 11.3 Å². The molecule has 1 heterocycles. The molecule has 0 fully saturated rings. The minimum absolute atomic E-state index is 0.543. The molecule has 0 aliphatic carbocycles. The van der Waals surface area contributed by atoms with Gasteiger partial charge in [-0.2, -0.15) is 0 Å². The summed E-state index contributed by atoms with van der Waals surface area (Å²) in [5.41, 5.74) is -0.233. The summed E-state index contributed by atoms with van der Waals surface area (Å²) in [6.45, 7) is 6.11. The fourth-order valence-electron chi connectivity index (χ4n) is 3.05. The summed E-state index contributed by atoms with van der Waals surface area (Å²) < 4.78 is 12.7. The Labute approximate surface area is 142 Å². The van der Waals surface area contributed by atoms with Crippen LogP contribution >= 0.6 is 0 Å². The largest absolute Gasteiger partial charge is 0.478 e. The summed E-state index contributed by atoms with van der Waals surface area (Å²) in [5, 5.41) is 5.78. The average molecular weight is 319 g/mol. The Morgan fingerprint density at radius 1 is 0.708 bits per heavy atom. The van der Waals surface area contributed by atoms with Crippen LogP contribution in [0.1, 0.15) is 20.8 Å². The summed E-state index contributed by atoms with van der Waals surface area (Å²) in [7, 11) is 0. The van der Waals surface area contributed by atoms with Gasteiger partial charge in [-0.05, 0) is 55.8 Å². The highest BCUT2D eigenvalue weighted by Gasteiger charge is 2.49. The van der Waals surface area contributed by atoms with Crippen molar-refractivity contribution >= 4 is 16.5 Å². The van der Waals surface area contributed by atoms with Gasteiger partial charge in [-0.3, -0.25) is 0 Å². The van der Waals surface area contributed by atoms with Crippen LogP contribution < -0.4 is 14.8 Å². The summed E-state index contributed by atoms with van der Waals surface area (Å²) in [4.78, 5) is 0. The molecule has 3 heteroatoms. The second-order valence-corrected chi connectivity index (χ2v) is 6.88. The van der Waals surface area contributed by atoms with Crippen molar-refractivity contribution in [3.8, 4) is 11.5 Å². The minimum Gasteiger partial charge on any atom is -0.478 e. The van der Waals surface area contributed by atoms with Gasteiger partial charge in [-0.1, -0.05) is 42.5 Å². The quantitative estimate of drug-likeness (QED) is 0.702. The molecule has 1 aliphatic rings. The van der Waals surface area contributed by atoms with E-state index in [1.54, 1.807) is 0 Å². The lowest BCUT2D eigenvalue weighted by Gasteiger charge is -2.48. The van der Waals surface area contributed by atoms with Gasteiger partial charge in [-0.15, -0.1) is 0 Å². The van der Waals surface area contributed by atoms with E-state index in [0.717, 1.165) is 28.0 Å². The Kier molecular flexibility index (Phi) is 3.20. The van der Waals surface area contributed by atoms with E-state index in [1.807, 2.05) is 69.3 Å². The van der Waals surface area contributed by atoms with Crippen molar-refractivity contribution in [2.45, 2.75) is 32.1 Å². The van der Waals surface area contributed by atoms with Crippen molar-refractivity contribution in [1.29, 1.82) is 0 Å². The van der Waals surface area contributed by atoms with Gasteiger partial charge in [0, 0.05) is 5.69 Å². The number of benzene rings is 3. The van der Waals surface area contributed by atoms with E-state index in [2.05, 4.69) is 23.5 Å². The molecule has 0 saturated heterocycles. The van der Waals surface area contributed by atoms with Crippen molar-refractivity contribution in [3.05, 3.63) is 66.7 Å². The van der Waals surface area contributed by atoms with Crippen molar-refractivity contribution < 1.29 is 9.47 Å². The lowest BCUT2D eigenvalue weighted by atomic mass is 9.93. The predicted molar refractivity (Wildman–Crippen MR) is 97.8 cm³/mol. The molecule has 1 N–H and O–H groups in total. The predicted octanol–water partition coefficient (Wildman–Crippen LogP) is 5.22. The van der Waals surface area contributed by atoms with E-state index < -0.39 is 11.3 Å². The molecular formula is C21H21NO2. The van der Waals surface area contributed by atoms with Gasteiger partial charge in [0.1, 0.15) is 0 Å². The molecule has 0 amide bonds. The third-order valence-electron chi connectivity index (χ3n) is 4.80. The number of hydrogen-bond donors (Lipinski definition) is 1. The number of hydrogen-bond acceptors (Lipinski definition) is 3. The topological polar surface area (TPSA) is 30.5 Å². The first-order valence-corrected chi connectivity index (χ1v) is 8.21. The summed E-state index contributed by atoms with van der Waals surface area (Å²) in [6, 6.07) is 22.4. The number of fused-ring (bicyclic) bond motifs is 2. The van der Waals surface area contributed by atoms with E-state index in [1.165, 1.54) is 0 Å². The molecule has 1 unspecified atom stereocenters. The molecule has 1 atom stereocenters. The molecule has 1 aliphatic heterocycles. The van der Waals surface area contributed by atoms with Crippen LogP contribution in [0.15, 0.2) is 66.7 Å². The standard InChI is InChI=1S/C21H21NO2/c1-20(2)21(3,22-17-11-5-4-6-12-17)24-19-14-16-10-8-7-9-15(16)13-18(19)23-20/h4-14,22H,1-3H3. The second-order valence-electron chi connectivity index (χ2n) is 6.88. The Morgan fingerprint density at radius 2 is 1.25 bits per heavy atom. The summed E-state index contributed by atoms with van der Waals surface area (Å²) in [5.74, 6) is 1.55. The van der Waals surface area contributed by atoms with Crippen LogP contribution in [0.25, 0.3) is 10.8 Å². The molecule has 4 rings (SSSR count). The molecule has 0 bridgehead atoms. The first-order chi connectivity index (χ1) is 11.5. The van der Waals surface area contributed by atoms with Crippen LogP contribution in [0, 0.1) is 0 Å². The molecule has 0 radical (unpaired) electrons. The fourth-order valence-corrected chi connectivity index (χ4v) is 3.05. The van der Waals surface area contributed by atoms with Crippen molar-refractivity contribution in [3.63, 3.8) is 0 Å². The molecule has 3 aromatic rings. The lowest BCUT2D eigenvalue weighted by molar-refractivity contribution is -0.0928. The molecular weight excluding hydrogens is 298 g/mol. The van der Waals surface area contributed by atoms with Gasteiger partial charge in [-0.25, -0.2) is 0 Å². The van der Waals surface area contributed by atoms with Crippen molar-refractivity contribution in [1.82, 2.24) is 0 Å². The number of para-hydroxylation sites is 1. The van der Waals surface area contributed by atoms with Gasteiger partial charge in [0.2, 0.25) is 5.72 Å². The maximum absolute atomic E-state index is 6.41. The number of rotatable bonds is 2. The van der Waals surface area contributed by atoms with Gasteiger partial charge in [0.15, 0.2) is 17.1 Å². The third kappa shape index (κ3) is 2.37. The Hall–Kier alpha value is -2.68. The Balaban J connectivity index is 1.77. The van der Waals surface area contributed by atoms with Crippen LogP contribution in [-0.2, 0) is 0 Å². The van der Waals surface area contributed by atoms with Crippen LogP contribution in [0.5, 0.6) is 11.5 Å². The fraction of sp³-hybridized carbons (Fsp3) is 0.238. The van der Waals surface area contributed by atoms with Gasteiger partial charge in [0.25, 0.3) is 0 Å². The zero-order valence-corrected chi connectivity index (χ0v) is 14.2. The molecule has 0 aromatic heterocycles. The van der Waals surface area contributed by atoms with E-state index in [0.29, 0.717) is 0 Å². The SMILES string of the molecule is CC1(C)Oc2cc3ccccc3cc2OC1(C)Nc1ccccc1. The van der Waals surface area contributed by atoms with Gasteiger partial charge >= 0.3 is 0 Å². The number of anilines is 1. The van der Waals surface area contributed by atoms with E-state index in [-0.39, 0.29) is 0 Å². The van der Waals surface area contributed by atoms with E-state index in [9.17, 15) is 0 Å². The first kappa shape index (κ1) is 14.9. The zero-order valence-electron chi connectivity index (χ0n) is 14.2. The molecule has 0 spiro atoms. The lowest BCUT2D eigenvalue weighted by Crippen LogP contribution is -2.62. The maximum Gasteiger partial charge on any atom is 0.217 e. The molecule has 24 heavy (non-hydrogen) atoms. The van der Waals surface area contributed by atoms with E-state index >= 15 is 0 Å².